The molecule has 0 aromatic carbocycles. The van der Waals surface area contributed by atoms with Crippen molar-refractivity contribution in [2.75, 3.05) is 26.2 Å². The fourth-order valence-electron chi connectivity index (χ4n) is 2.31. The Morgan fingerprint density at radius 1 is 1.43 bits per heavy atom. The second-order valence-corrected chi connectivity index (χ2v) is 4.57. The Morgan fingerprint density at radius 2 is 2.21 bits per heavy atom. The minimum atomic E-state index is 0.712. The standard InChI is InChI=1S/C12H26N2/c1-4-12-7-6-8-14(10-12)11(3)9-13-5-2/h11-13H,4-10H2,1-3H3. The maximum atomic E-state index is 3.44. The minimum absolute atomic E-state index is 0.712. The molecular weight excluding hydrogens is 172 g/mol. The Bertz CT molecular complexity index is 147. The van der Waals surface area contributed by atoms with Crippen molar-refractivity contribution in [3.05, 3.63) is 0 Å². The Labute approximate surface area is 89.1 Å². The fourth-order valence-corrected chi connectivity index (χ4v) is 2.31. The monoisotopic (exact) mass is 198 g/mol. The number of hydrogen-bond donors (Lipinski definition) is 1. The summed E-state index contributed by atoms with van der Waals surface area (Å²) < 4.78 is 0. The fraction of sp³-hybridized carbons (Fsp3) is 1.00. The van der Waals surface area contributed by atoms with Crippen LogP contribution in [0.25, 0.3) is 0 Å². The minimum Gasteiger partial charge on any atom is -0.315 e. The maximum Gasteiger partial charge on any atom is 0.0192 e. The van der Waals surface area contributed by atoms with Gasteiger partial charge in [-0.2, -0.15) is 0 Å². The maximum absolute atomic E-state index is 3.44. The largest absolute Gasteiger partial charge is 0.315 e. The number of nitrogens with zero attached hydrogens (tertiary/aromatic N) is 1. The Balaban J connectivity index is 2.27. The van der Waals surface area contributed by atoms with E-state index in [9.17, 15) is 0 Å². The number of nitrogens with one attached hydrogen (secondary N) is 1. The Kier molecular flexibility index (Phi) is 5.49. The molecule has 84 valence electrons. The normalized spacial score (nSPS) is 26.4. The first-order valence-corrected chi connectivity index (χ1v) is 6.22. The Morgan fingerprint density at radius 3 is 2.86 bits per heavy atom. The molecule has 1 rings (SSSR count). The van der Waals surface area contributed by atoms with Crippen LogP contribution in [-0.4, -0.2) is 37.1 Å². The van der Waals surface area contributed by atoms with E-state index in [4.69, 9.17) is 0 Å². The lowest BCUT2D eigenvalue weighted by molar-refractivity contribution is 0.128. The molecule has 0 aromatic heterocycles. The van der Waals surface area contributed by atoms with Crippen LogP contribution in [0.3, 0.4) is 0 Å². The zero-order valence-electron chi connectivity index (χ0n) is 10.1. The van der Waals surface area contributed by atoms with Crippen molar-refractivity contribution in [1.82, 2.24) is 10.2 Å². The summed E-state index contributed by atoms with van der Waals surface area (Å²) in [4.78, 5) is 2.65. The molecule has 14 heavy (non-hydrogen) atoms. The molecule has 1 saturated heterocycles. The van der Waals surface area contributed by atoms with E-state index in [0.29, 0.717) is 6.04 Å². The molecule has 1 aliphatic heterocycles. The number of hydrogen-bond acceptors (Lipinski definition) is 2. The van der Waals surface area contributed by atoms with Crippen LogP contribution in [0.2, 0.25) is 0 Å². The van der Waals surface area contributed by atoms with E-state index < -0.39 is 0 Å². The highest BCUT2D eigenvalue weighted by atomic mass is 15.2. The van der Waals surface area contributed by atoms with E-state index in [1.54, 1.807) is 0 Å². The molecule has 0 aliphatic carbocycles. The van der Waals surface area contributed by atoms with E-state index >= 15 is 0 Å². The first kappa shape index (κ1) is 12.0. The molecule has 0 spiro atoms. The first-order valence-electron chi connectivity index (χ1n) is 6.22. The van der Waals surface area contributed by atoms with Gasteiger partial charge in [-0.25, -0.2) is 0 Å². The zero-order chi connectivity index (χ0) is 10.4. The van der Waals surface area contributed by atoms with E-state index in [-0.39, 0.29) is 0 Å². The molecule has 0 saturated carbocycles. The molecule has 0 aromatic rings. The number of piperidine rings is 1. The van der Waals surface area contributed by atoms with Gasteiger partial charge < -0.3 is 5.32 Å². The van der Waals surface area contributed by atoms with Gasteiger partial charge in [0.05, 0.1) is 0 Å². The summed E-state index contributed by atoms with van der Waals surface area (Å²) in [5, 5.41) is 3.44. The summed E-state index contributed by atoms with van der Waals surface area (Å²) in [6.07, 6.45) is 4.19. The van der Waals surface area contributed by atoms with Crippen LogP contribution in [0.15, 0.2) is 0 Å². The summed E-state index contributed by atoms with van der Waals surface area (Å²) >= 11 is 0. The van der Waals surface area contributed by atoms with Gasteiger partial charge in [0.15, 0.2) is 0 Å². The smallest absolute Gasteiger partial charge is 0.0192 e. The van der Waals surface area contributed by atoms with Gasteiger partial charge in [-0.05, 0) is 38.8 Å². The van der Waals surface area contributed by atoms with Crippen LogP contribution in [0.4, 0.5) is 0 Å². The second kappa shape index (κ2) is 6.41. The summed E-state index contributed by atoms with van der Waals surface area (Å²) in [6, 6.07) is 0.712. The van der Waals surface area contributed by atoms with Gasteiger partial charge in [-0.3, -0.25) is 4.90 Å². The lowest BCUT2D eigenvalue weighted by Gasteiger charge is -2.36. The van der Waals surface area contributed by atoms with Crippen molar-refractivity contribution >= 4 is 0 Å². The molecule has 2 nitrogen and oxygen atoms in total. The molecule has 0 radical (unpaired) electrons. The first-order chi connectivity index (χ1) is 6.77. The quantitative estimate of drug-likeness (QED) is 0.728. The van der Waals surface area contributed by atoms with Crippen molar-refractivity contribution in [2.45, 2.75) is 46.1 Å². The summed E-state index contributed by atoms with van der Waals surface area (Å²) in [5.41, 5.74) is 0. The third-order valence-corrected chi connectivity index (χ3v) is 3.44. The molecule has 1 fully saturated rings. The molecule has 1 N–H and O–H groups in total. The SMILES string of the molecule is CCNCC(C)N1CCCC(CC)C1. The highest BCUT2D eigenvalue weighted by molar-refractivity contribution is 4.77. The van der Waals surface area contributed by atoms with Crippen LogP contribution >= 0.6 is 0 Å². The van der Waals surface area contributed by atoms with Gasteiger partial charge >= 0.3 is 0 Å². The summed E-state index contributed by atoms with van der Waals surface area (Å²) in [7, 11) is 0. The molecule has 0 amide bonds. The van der Waals surface area contributed by atoms with E-state index in [1.165, 1.54) is 32.4 Å². The molecule has 1 heterocycles. The third-order valence-electron chi connectivity index (χ3n) is 3.44. The average molecular weight is 198 g/mol. The van der Waals surface area contributed by atoms with Crippen LogP contribution < -0.4 is 5.32 Å². The molecule has 2 atom stereocenters. The van der Waals surface area contributed by atoms with E-state index in [0.717, 1.165) is 19.0 Å². The van der Waals surface area contributed by atoms with Gasteiger partial charge in [-0.15, -0.1) is 0 Å². The van der Waals surface area contributed by atoms with Gasteiger partial charge in [-0.1, -0.05) is 20.3 Å². The number of likely N-dealkylation sites (tertiary alicyclic amines) is 1. The zero-order valence-corrected chi connectivity index (χ0v) is 10.1. The summed E-state index contributed by atoms with van der Waals surface area (Å²) in [5.74, 6) is 0.952. The lowest BCUT2D eigenvalue weighted by atomic mass is 9.95. The Hall–Kier alpha value is -0.0800. The molecular formula is C12H26N2. The van der Waals surface area contributed by atoms with Crippen molar-refractivity contribution in [3.8, 4) is 0 Å². The van der Waals surface area contributed by atoms with Crippen LogP contribution in [0, 0.1) is 5.92 Å². The van der Waals surface area contributed by atoms with Crippen LogP contribution in [-0.2, 0) is 0 Å². The lowest BCUT2D eigenvalue weighted by Crippen LogP contribution is -2.45. The molecule has 1 aliphatic rings. The molecule has 2 unspecified atom stereocenters. The van der Waals surface area contributed by atoms with Gasteiger partial charge in [0.25, 0.3) is 0 Å². The van der Waals surface area contributed by atoms with Crippen molar-refractivity contribution in [2.24, 2.45) is 5.92 Å². The van der Waals surface area contributed by atoms with Crippen molar-refractivity contribution < 1.29 is 0 Å². The van der Waals surface area contributed by atoms with Gasteiger partial charge in [0, 0.05) is 19.1 Å². The topological polar surface area (TPSA) is 15.3 Å². The van der Waals surface area contributed by atoms with E-state index in [2.05, 4.69) is 31.0 Å². The van der Waals surface area contributed by atoms with Crippen molar-refractivity contribution in [1.29, 1.82) is 0 Å². The highest BCUT2D eigenvalue weighted by Gasteiger charge is 2.21. The van der Waals surface area contributed by atoms with E-state index in [1.807, 2.05) is 0 Å². The van der Waals surface area contributed by atoms with Crippen molar-refractivity contribution in [3.63, 3.8) is 0 Å². The summed E-state index contributed by atoms with van der Waals surface area (Å²) in [6.45, 7) is 11.7. The van der Waals surface area contributed by atoms with Gasteiger partial charge in [0.1, 0.15) is 0 Å². The second-order valence-electron chi connectivity index (χ2n) is 4.57. The number of likely N-dealkylation sites (N-methyl/N-ethyl adjacent to an activating group) is 1. The average Bonchev–Trinajstić information content (AvgIpc) is 2.26. The molecule has 2 heteroatoms. The van der Waals surface area contributed by atoms with Gasteiger partial charge in [0.2, 0.25) is 0 Å². The predicted octanol–water partition coefficient (Wildman–Crippen LogP) is 2.11. The number of rotatable bonds is 5. The van der Waals surface area contributed by atoms with Crippen LogP contribution in [0.1, 0.15) is 40.0 Å². The third kappa shape index (κ3) is 3.58. The van der Waals surface area contributed by atoms with Crippen LogP contribution in [0.5, 0.6) is 0 Å². The molecule has 0 bridgehead atoms. The highest BCUT2D eigenvalue weighted by Crippen LogP contribution is 2.20. The predicted molar refractivity (Wildman–Crippen MR) is 62.6 cm³/mol.